The summed E-state index contributed by atoms with van der Waals surface area (Å²) in [7, 11) is 0. The highest BCUT2D eigenvalue weighted by atomic mass is 19.1. The molecule has 4 heteroatoms. The van der Waals surface area contributed by atoms with E-state index in [-0.39, 0.29) is 11.4 Å². The lowest BCUT2D eigenvalue weighted by Crippen LogP contribution is -2.05. The average Bonchev–Trinajstić information content (AvgIpc) is 2.22. The first-order valence-corrected chi connectivity index (χ1v) is 4.48. The summed E-state index contributed by atoms with van der Waals surface area (Å²) in [5.41, 5.74) is 1.54. The van der Waals surface area contributed by atoms with E-state index >= 15 is 0 Å². The van der Waals surface area contributed by atoms with Crippen LogP contribution in [-0.2, 0) is 0 Å². The minimum Gasteiger partial charge on any atom is -0.268 e. The van der Waals surface area contributed by atoms with Crippen LogP contribution in [0.4, 0.5) is 4.39 Å². The molecule has 0 aliphatic carbocycles. The number of rotatable bonds is 1. The van der Waals surface area contributed by atoms with E-state index < -0.39 is 0 Å². The summed E-state index contributed by atoms with van der Waals surface area (Å²) in [4.78, 5) is 11.0. The fourth-order valence-corrected chi connectivity index (χ4v) is 1.31. The fourth-order valence-electron chi connectivity index (χ4n) is 1.31. The maximum atomic E-state index is 13.3. The van der Waals surface area contributed by atoms with Crippen LogP contribution in [0.25, 0.3) is 11.1 Å². The molecular weight excluding hydrogens is 195 g/mol. The number of hydrogen-bond donors (Lipinski definition) is 1. The Balaban J connectivity index is 2.55. The monoisotopic (exact) mass is 204 g/mol. The van der Waals surface area contributed by atoms with Crippen LogP contribution in [-0.4, -0.2) is 10.2 Å². The summed E-state index contributed by atoms with van der Waals surface area (Å²) in [6, 6.07) is 6.21. The van der Waals surface area contributed by atoms with Crippen molar-refractivity contribution in [2.24, 2.45) is 0 Å². The molecule has 1 aromatic carbocycles. The van der Waals surface area contributed by atoms with Gasteiger partial charge in [-0.2, -0.15) is 5.10 Å². The van der Waals surface area contributed by atoms with Crippen molar-refractivity contribution in [3.63, 3.8) is 0 Å². The van der Waals surface area contributed by atoms with Gasteiger partial charge in [-0.05, 0) is 24.1 Å². The predicted molar refractivity (Wildman–Crippen MR) is 55.0 cm³/mol. The quantitative estimate of drug-likeness (QED) is 0.770. The molecule has 2 rings (SSSR count). The van der Waals surface area contributed by atoms with Gasteiger partial charge >= 0.3 is 0 Å². The van der Waals surface area contributed by atoms with E-state index in [1.807, 2.05) is 0 Å². The fraction of sp³-hybridized carbons (Fsp3) is 0.0909. The van der Waals surface area contributed by atoms with E-state index in [9.17, 15) is 9.18 Å². The number of aromatic nitrogens is 2. The van der Waals surface area contributed by atoms with Gasteiger partial charge in [0, 0.05) is 11.6 Å². The van der Waals surface area contributed by atoms with Crippen LogP contribution in [0.15, 0.2) is 35.3 Å². The van der Waals surface area contributed by atoms with Crippen LogP contribution in [0.5, 0.6) is 0 Å². The van der Waals surface area contributed by atoms with Crippen LogP contribution in [0, 0.1) is 12.7 Å². The van der Waals surface area contributed by atoms with Gasteiger partial charge in [-0.15, -0.1) is 0 Å². The molecule has 0 amide bonds. The topological polar surface area (TPSA) is 45.8 Å². The Morgan fingerprint density at radius 1 is 1.27 bits per heavy atom. The standard InChI is InChI=1S/C11H9FN2O/c1-7-2-3-8(4-10(7)12)9-5-11(15)14-13-6-9/h2-6H,1H3,(H,14,15). The van der Waals surface area contributed by atoms with Crippen molar-refractivity contribution in [3.05, 3.63) is 52.2 Å². The molecule has 1 aromatic heterocycles. The zero-order valence-electron chi connectivity index (χ0n) is 8.12. The van der Waals surface area contributed by atoms with Gasteiger partial charge in [0.05, 0.1) is 6.20 Å². The van der Waals surface area contributed by atoms with E-state index in [4.69, 9.17) is 0 Å². The van der Waals surface area contributed by atoms with Gasteiger partial charge in [-0.25, -0.2) is 9.49 Å². The molecule has 0 atom stereocenters. The van der Waals surface area contributed by atoms with Crippen molar-refractivity contribution in [2.45, 2.75) is 6.92 Å². The number of halogens is 1. The number of benzene rings is 1. The molecule has 3 nitrogen and oxygen atoms in total. The zero-order valence-corrected chi connectivity index (χ0v) is 8.12. The Bertz CT molecular complexity index is 548. The normalized spacial score (nSPS) is 10.3. The Kier molecular flexibility index (Phi) is 2.33. The third-order valence-corrected chi connectivity index (χ3v) is 2.17. The number of H-pyrrole nitrogens is 1. The number of nitrogens with one attached hydrogen (secondary N) is 1. The maximum absolute atomic E-state index is 13.3. The number of aromatic amines is 1. The number of aryl methyl sites for hydroxylation is 1. The first kappa shape index (κ1) is 9.58. The Morgan fingerprint density at radius 3 is 2.73 bits per heavy atom. The SMILES string of the molecule is Cc1ccc(-c2cn[nH]c(=O)c2)cc1F. The number of hydrogen-bond acceptors (Lipinski definition) is 2. The second kappa shape index (κ2) is 3.65. The zero-order chi connectivity index (χ0) is 10.8. The summed E-state index contributed by atoms with van der Waals surface area (Å²) in [6.45, 7) is 1.69. The number of nitrogens with zero attached hydrogens (tertiary/aromatic N) is 1. The molecule has 0 bridgehead atoms. The van der Waals surface area contributed by atoms with Gasteiger partial charge < -0.3 is 0 Å². The van der Waals surface area contributed by atoms with Crippen molar-refractivity contribution < 1.29 is 4.39 Å². The van der Waals surface area contributed by atoms with Crippen molar-refractivity contribution in [3.8, 4) is 11.1 Å². The minimum absolute atomic E-state index is 0.284. The van der Waals surface area contributed by atoms with E-state index in [1.165, 1.54) is 18.3 Å². The van der Waals surface area contributed by atoms with Crippen LogP contribution in [0.3, 0.4) is 0 Å². The highest BCUT2D eigenvalue weighted by Crippen LogP contribution is 2.19. The third kappa shape index (κ3) is 1.93. The molecule has 76 valence electrons. The molecule has 0 fully saturated rings. The van der Waals surface area contributed by atoms with Gasteiger partial charge in [0.25, 0.3) is 5.56 Å². The van der Waals surface area contributed by atoms with E-state index in [0.29, 0.717) is 16.7 Å². The molecule has 0 aliphatic rings. The van der Waals surface area contributed by atoms with Crippen LogP contribution >= 0.6 is 0 Å². The average molecular weight is 204 g/mol. The molecule has 0 spiro atoms. The summed E-state index contributed by atoms with van der Waals surface area (Å²) in [6.07, 6.45) is 1.49. The molecule has 1 N–H and O–H groups in total. The lowest BCUT2D eigenvalue weighted by Gasteiger charge is -2.01. The second-order valence-electron chi connectivity index (χ2n) is 3.30. The van der Waals surface area contributed by atoms with Crippen LogP contribution in [0.2, 0.25) is 0 Å². The highest BCUT2D eigenvalue weighted by Gasteiger charge is 2.02. The molecule has 0 saturated heterocycles. The molecule has 0 unspecified atom stereocenters. The molecule has 0 radical (unpaired) electrons. The first-order chi connectivity index (χ1) is 7.16. The van der Waals surface area contributed by atoms with Gasteiger partial charge in [0.1, 0.15) is 5.82 Å². The molecule has 1 heterocycles. The highest BCUT2D eigenvalue weighted by molar-refractivity contribution is 5.62. The van der Waals surface area contributed by atoms with Gasteiger partial charge in [-0.3, -0.25) is 4.79 Å². The predicted octanol–water partition coefficient (Wildman–Crippen LogP) is 1.88. The van der Waals surface area contributed by atoms with Crippen LogP contribution < -0.4 is 5.56 Å². The molecule has 15 heavy (non-hydrogen) atoms. The van der Waals surface area contributed by atoms with E-state index in [2.05, 4.69) is 10.2 Å². The van der Waals surface area contributed by atoms with Crippen molar-refractivity contribution >= 4 is 0 Å². The largest absolute Gasteiger partial charge is 0.268 e. The van der Waals surface area contributed by atoms with Crippen molar-refractivity contribution in [2.75, 3.05) is 0 Å². The van der Waals surface area contributed by atoms with Gasteiger partial charge in [0.15, 0.2) is 0 Å². The summed E-state index contributed by atoms with van der Waals surface area (Å²) < 4.78 is 13.3. The van der Waals surface area contributed by atoms with E-state index in [1.54, 1.807) is 19.1 Å². The summed E-state index contributed by atoms with van der Waals surface area (Å²) in [5, 5.41) is 5.92. The minimum atomic E-state index is -0.298. The van der Waals surface area contributed by atoms with Gasteiger partial charge in [-0.1, -0.05) is 12.1 Å². The molecular formula is C11H9FN2O. The molecule has 2 aromatic rings. The van der Waals surface area contributed by atoms with Crippen molar-refractivity contribution in [1.82, 2.24) is 10.2 Å². The summed E-state index contributed by atoms with van der Waals surface area (Å²) in [5.74, 6) is -0.284. The maximum Gasteiger partial charge on any atom is 0.264 e. The van der Waals surface area contributed by atoms with Crippen LogP contribution in [0.1, 0.15) is 5.56 Å². The molecule has 0 saturated carbocycles. The van der Waals surface area contributed by atoms with E-state index in [0.717, 1.165) is 0 Å². The van der Waals surface area contributed by atoms with Gasteiger partial charge in [0.2, 0.25) is 0 Å². The lowest BCUT2D eigenvalue weighted by atomic mass is 10.1. The Labute approximate surface area is 85.6 Å². The molecule has 0 aliphatic heterocycles. The third-order valence-electron chi connectivity index (χ3n) is 2.17. The Morgan fingerprint density at radius 2 is 2.07 bits per heavy atom. The smallest absolute Gasteiger partial charge is 0.264 e. The lowest BCUT2D eigenvalue weighted by molar-refractivity contribution is 0.619. The van der Waals surface area contributed by atoms with Crippen molar-refractivity contribution in [1.29, 1.82) is 0 Å². The first-order valence-electron chi connectivity index (χ1n) is 4.48. The Hall–Kier alpha value is -1.97. The summed E-state index contributed by atoms with van der Waals surface area (Å²) >= 11 is 0. The second-order valence-corrected chi connectivity index (χ2v) is 3.30.